The van der Waals surface area contributed by atoms with Gasteiger partial charge in [0.05, 0.1) is 13.2 Å². The first kappa shape index (κ1) is 11.5. The van der Waals surface area contributed by atoms with E-state index in [4.69, 9.17) is 9.47 Å². The first-order valence-electron chi connectivity index (χ1n) is 6.87. The molecule has 3 unspecified atom stereocenters. The molecule has 1 N–H and O–H groups in total. The lowest BCUT2D eigenvalue weighted by atomic mass is 9.78. The summed E-state index contributed by atoms with van der Waals surface area (Å²) in [6.07, 6.45) is 7.33. The van der Waals surface area contributed by atoms with Crippen LogP contribution in [0.2, 0.25) is 0 Å². The molecule has 96 valence electrons. The molecular weight excluding hydrogens is 218 g/mol. The Hall–Kier alpha value is -0.610. The Morgan fingerprint density at radius 3 is 2.71 bits per heavy atom. The third-order valence-electron chi connectivity index (χ3n) is 4.33. The zero-order chi connectivity index (χ0) is 11.7. The van der Waals surface area contributed by atoms with Crippen molar-refractivity contribution >= 4 is 5.97 Å². The van der Waals surface area contributed by atoms with Gasteiger partial charge in [0.2, 0.25) is 0 Å². The van der Waals surface area contributed by atoms with Crippen LogP contribution in [0, 0.1) is 5.92 Å². The van der Waals surface area contributed by atoms with Gasteiger partial charge in [-0.2, -0.15) is 0 Å². The highest BCUT2D eigenvalue weighted by atomic mass is 16.6. The molecule has 0 amide bonds. The lowest BCUT2D eigenvalue weighted by molar-refractivity contribution is -0.175. The van der Waals surface area contributed by atoms with Gasteiger partial charge in [-0.15, -0.1) is 0 Å². The smallest absolute Gasteiger partial charge is 0.323 e. The van der Waals surface area contributed by atoms with E-state index in [2.05, 4.69) is 5.32 Å². The number of hydrogen-bond donors (Lipinski definition) is 1. The van der Waals surface area contributed by atoms with Crippen LogP contribution < -0.4 is 5.32 Å². The number of piperidine rings is 1. The summed E-state index contributed by atoms with van der Waals surface area (Å²) < 4.78 is 10.4. The highest BCUT2D eigenvalue weighted by Crippen LogP contribution is 2.32. The molecule has 4 nitrogen and oxygen atoms in total. The molecule has 2 aliphatic heterocycles. The van der Waals surface area contributed by atoms with Gasteiger partial charge in [0.1, 0.15) is 12.1 Å². The van der Waals surface area contributed by atoms with Gasteiger partial charge in [0, 0.05) is 6.04 Å². The molecule has 3 fully saturated rings. The van der Waals surface area contributed by atoms with Crippen molar-refractivity contribution in [3.8, 4) is 0 Å². The highest BCUT2D eigenvalue weighted by Gasteiger charge is 2.36. The van der Waals surface area contributed by atoms with Crippen molar-refractivity contribution in [2.24, 2.45) is 5.92 Å². The van der Waals surface area contributed by atoms with Crippen LogP contribution in [0.25, 0.3) is 0 Å². The molecule has 2 saturated heterocycles. The van der Waals surface area contributed by atoms with E-state index in [-0.39, 0.29) is 18.1 Å². The topological polar surface area (TPSA) is 47.6 Å². The van der Waals surface area contributed by atoms with E-state index >= 15 is 0 Å². The van der Waals surface area contributed by atoms with Crippen molar-refractivity contribution in [1.29, 1.82) is 0 Å². The van der Waals surface area contributed by atoms with Crippen LogP contribution >= 0.6 is 0 Å². The first-order valence-corrected chi connectivity index (χ1v) is 6.87. The molecule has 0 radical (unpaired) electrons. The lowest BCUT2D eigenvalue weighted by Gasteiger charge is -2.40. The number of rotatable bonds is 2. The van der Waals surface area contributed by atoms with E-state index in [0.717, 1.165) is 12.3 Å². The fraction of sp³-hybridized carbons (Fsp3) is 0.923. The predicted molar refractivity (Wildman–Crippen MR) is 62.6 cm³/mol. The minimum absolute atomic E-state index is 0.00776. The number of esters is 1. The van der Waals surface area contributed by atoms with Crippen LogP contribution in [-0.2, 0) is 14.3 Å². The summed E-state index contributed by atoms with van der Waals surface area (Å²) >= 11 is 0. The van der Waals surface area contributed by atoms with Gasteiger partial charge < -0.3 is 14.8 Å². The molecule has 4 heteroatoms. The number of carbonyl (C=O) groups excluding carboxylic acids is 1. The van der Waals surface area contributed by atoms with Crippen LogP contribution in [0.4, 0.5) is 0 Å². The quantitative estimate of drug-likeness (QED) is 0.737. The molecule has 0 bridgehead atoms. The fourth-order valence-corrected chi connectivity index (χ4v) is 3.21. The van der Waals surface area contributed by atoms with Crippen LogP contribution in [0.5, 0.6) is 0 Å². The zero-order valence-corrected chi connectivity index (χ0v) is 10.2. The SMILES string of the molecule is O=C(OC1COC1)C1CCC2CCCCC2N1. The van der Waals surface area contributed by atoms with Crippen molar-refractivity contribution in [1.82, 2.24) is 5.32 Å². The van der Waals surface area contributed by atoms with Gasteiger partial charge in [-0.3, -0.25) is 4.79 Å². The van der Waals surface area contributed by atoms with E-state index in [1.165, 1.54) is 32.1 Å². The number of hydrogen-bond acceptors (Lipinski definition) is 4. The lowest BCUT2D eigenvalue weighted by Crippen LogP contribution is -2.53. The summed E-state index contributed by atoms with van der Waals surface area (Å²) in [4.78, 5) is 11.9. The summed E-state index contributed by atoms with van der Waals surface area (Å²) in [6.45, 7) is 1.15. The number of ether oxygens (including phenoxy) is 2. The van der Waals surface area contributed by atoms with E-state index in [1.807, 2.05) is 0 Å². The molecule has 3 aliphatic rings. The minimum Gasteiger partial charge on any atom is -0.456 e. The van der Waals surface area contributed by atoms with Crippen LogP contribution in [0.3, 0.4) is 0 Å². The van der Waals surface area contributed by atoms with Crippen molar-refractivity contribution < 1.29 is 14.3 Å². The maximum Gasteiger partial charge on any atom is 0.323 e. The zero-order valence-electron chi connectivity index (χ0n) is 10.2. The summed E-state index contributed by atoms with van der Waals surface area (Å²) in [6, 6.07) is 0.475. The number of carbonyl (C=O) groups is 1. The molecule has 1 saturated carbocycles. The minimum atomic E-state index is -0.0741. The molecular formula is C13H21NO3. The normalized spacial score (nSPS) is 38.0. The van der Waals surface area contributed by atoms with Gasteiger partial charge in [0.15, 0.2) is 0 Å². The number of fused-ring (bicyclic) bond motifs is 1. The second-order valence-corrected chi connectivity index (χ2v) is 5.54. The van der Waals surface area contributed by atoms with Gasteiger partial charge >= 0.3 is 5.97 Å². The second kappa shape index (κ2) is 4.94. The standard InChI is InChI=1S/C13H21NO3/c15-13(17-10-7-16-8-10)12-6-5-9-3-1-2-4-11(9)14-12/h9-12,14H,1-8H2. The Balaban J connectivity index is 1.52. The third kappa shape index (κ3) is 2.47. The highest BCUT2D eigenvalue weighted by molar-refractivity contribution is 5.76. The Morgan fingerprint density at radius 1 is 1.12 bits per heavy atom. The molecule has 3 atom stereocenters. The molecule has 2 heterocycles. The fourth-order valence-electron chi connectivity index (χ4n) is 3.21. The molecule has 17 heavy (non-hydrogen) atoms. The Kier molecular flexibility index (Phi) is 3.34. The average molecular weight is 239 g/mol. The number of nitrogens with one attached hydrogen (secondary N) is 1. The van der Waals surface area contributed by atoms with Crippen molar-refractivity contribution in [2.75, 3.05) is 13.2 Å². The predicted octanol–water partition coefficient (Wildman–Crippen LogP) is 1.24. The molecule has 0 aromatic heterocycles. The molecule has 0 aromatic rings. The van der Waals surface area contributed by atoms with Crippen LogP contribution in [0.1, 0.15) is 38.5 Å². The van der Waals surface area contributed by atoms with Crippen LogP contribution in [-0.4, -0.2) is 37.4 Å². The Labute approximate surface area is 102 Å². The van der Waals surface area contributed by atoms with Crippen molar-refractivity contribution in [2.45, 2.75) is 56.7 Å². The first-order chi connectivity index (χ1) is 8.33. The largest absolute Gasteiger partial charge is 0.456 e. The van der Waals surface area contributed by atoms with Gasteiger partial charge in [-0.1, -0.05) is 12.8 Å². The Bertz CT molecular complexity index is 290. The van der Waals surface area contributed by atoms with E-state index < -0.39 is 0 Å². The maximum atomic E-state index is 11.9. The van der Waals surface area contributed by atoms with Gasteiger partial charge in [0.25, 0.3) is 0 Å². The average Bonchev–Trinajstić information content (AvgIpc) is 2.33. The summed E-state index contributed by atoms with van der Waals surface area (Å²) in [5.41, 5.74) is 0. The van der Waals surface area contributed by atoms with Crippen molar-refractivity contribution in [3.63, 3.8) is 0 Å². The monoisotopic (exact) mass is 239 g/mol. The summed E-state index contributed by atoms with van der Waals surface area (Å²) in [7, 11) is 0. The second-order valence-electron chi connectivity index (χ2n) is 5.54. The third-order valence-corrected chi connectivity index (χ3v) is 4.33. The molecule has 0 aromatic carbocycles. The maximum absolute atomic E-state index is 11.9. The summed E-state index contributed by atoms with van der Waals surface area (Å²) in [5, 5.41) is 3.49. The van der Waals surface area contributed by atoms with Gasteiger partial charge in [-0.05, 0) is 31.6 Å². The van der Waals surface area contributed by atoms with E-state index in [0.29, 0.717) is 19.3 Å². The van der Waals surface area contributed by atoms with E-state index in [9.17, 15) is 4.79 Å². The van der Waals surface area contributed by atoms with Crippen molar-refractivity contribution in [3.05, 3.63) is 0 Å². The molecule has 1 aliphatic carbocycles. The summed E-state index contributed by atoms with van der Waals surface area (Å²) in [5.74, 6) is 0.724. The van der Waals surface area contributed by atoms with Gasteiger partial charge in [-0.25, -0.2) is 0 Å². The Morgan fingerprint density at radius 2 is 1.94 bits per heavy atom. The van der Waals surface area contributed by atoms with Crippen LogP contribution in [0.15, 0.2) is 0 Å². The molecule has 0 spiro atoms. The van der Waals surface area contributed by atoms with E-state index in [1.54, 1.807) is 0 Å². The molecule has 3 rings (SSSR count).